The van der Waals surface area contributed by atoms with Crippen molar-refractivity contribution < 1.29 is 4.79 Å². The van der Waals surface area contributed by atoms with Crippen LogP contribution in [0.15, 0.2) is 24.3 Å². The third kappa shape index (κ3) is 1.50. The third-order valence-corrected chi connectivity index (χ3v) is 2.11. The van der Waals surface area contributed by atoms with E-state index in [2.05, 4.69) is 5.32 Å². The molecule has 1 aromatic carbocycles. The minimum absolute atomic E-state index is 0.0291. The highest BCUT2D eigenvalue weighted by atomic mass is 16.1. The molecule has 3 nitrogen and oxygen atoms in total. The molecule has 0 aliphatic carbocycles. The molecule has 1 heterocycles. The predicted molar refractivity (Wildman–Crippen MR) is 53.4 cm³/mol. The molecular formula is C11H8N2O. The highest BCUT2D eigenvalue weighted by Gasteiger charge is 2.16. The fraction of sp³-hybridized carbons (Fsp3) is 0.0909. The van der Waals surface area contributed by atoms with Gasteiger partial charge in [0.2, 0.25) is 5.91 Å². The second-order valence-corrected chi connectivity index (χ2v) is 3.10. The second-order valence-electron chi connectivity index (χ2n) is 3.10. The van der Waals surface area contributed by atoms with Gasteiger partial charge in [0.15, 0.2) is 0 Å². The predicted octanol–water partition coefficient (Wildman–Crippen LogP) is 1.72. The number of hydrogen-bond donors (Lipinski definition) is 1. The fourth-order valence-corrected chi connectivity index (χ4v) is 1.47. The van der Waals surface area contributed by atoms with Crippen LogP contribution in [0.25, 0.3) is 6.08 Å². The van der Waals surface area contributed by atoms with Crippen LogP contribution < -0.4 is 5.32 Å². The molecule has 0 radical (unpaired) electrons. The molecule has 0 unspecified atom stereocenters. The third-order valence-electron chi connectivity index (χ3n) is 2.11. The van der Waals surface area contributed by atoms with E-state index < -0.39 is 0 Å². The van der Waals surface area contributed by atoms with Crippen LogP contribution in [-0.4, -0.2) is 5.91 Å². The van der Waals surface area contributed by atoms with Gasteiger partial charge in [0.25, 0.3) is 0 Å². The summed E-state index contributed by atoms with van der Waals surface area (Å²) in [7, 11) is 0. The molecule has 1 aliphatic heterocycles. The van der Waals surface area contributed by atoms with Crippen molar-refractivity contribution in [1.29, 1.82) is 5.26 Å². The van der Waals surface area contributed by atoms with Crippen LogP contribution in [0.4, 0.5) is 5.69 Å². The number of nitrogens with zero attached hydrogens (tertiary/aromatic N) is 1. The largest absolute Gasteiger partial charge is 0.326 e. The highest BCUT2D eigenvalue weighted by Crippen LogP contribution is 2.24. The summed E-state index contributed by atoms with van der Waals surface area (Å²) in [4.78, 5) is 11.0. The van der Waals surface area contributed by atoms with Gasteiger partial charge in [-0.15, -0.1) is 0 Å². The topological polar surface area (TPSA) is 52.9 Å². The van der Waals surface area contributed by atoms with E-state index in [0.717, 1.165) is 16.8 Å². The summed E-state index contributed by atoms with van der Waals surface area (Å²) in [6, 6.07) is 7.60. The molecule has 0 saturated carbocycles. The summed E-state index contributed by atoms with van der Waals surface area (Å²) >= 11 is 0. The average molecular weight is 184 g/mol. The average Bonchev–Trinajstić information content (AvgIpc) is 2.54. The van der Waals surface area contributed by atoms with Crippen molar-refractivity contribution in [1.82, 2.24) is 0 Å². The number of benzene rings is 1. The normalized spacial score (nSPS) is 13.8. The zero-order valence-corrected chi connectivity index (χ0v) is 7.45. The van der Waals surface area contributed by atoms with Gasteiger partial charge >= 0.3 is 0 Å². The van der Waals surface area contributed by atoms with Crippen LogP contribution in [0.3, 0.4) is 0 Å². The van der Waals surface area contributed by atoms with Gasteiger partial charge in [-0.2, -0.15) is 5.26 Å². The van der Waals surface area contributed by atoms with Gasteiger partial charge in [0.05, 0.1) is 12.5 Å². The van der Waals surface area contributed by atoms with Crippen LogP contribution >= 0.6 is 0 Å². The van der Waals surface area contributed by atoms with Gasteiger partial charge in [-0.1, -0.05) is 12.1 Å². The van der Waals surface area contributed by atoms with Gasteiger partial charge in [0.1, 0.15) is 0 Å². The van der Waals surface area contributed by atoms with E-state index in [1.807, 2.05) is 24.3 Å². The smallest absolute Gasteiger partial charge is 0.228 e. The van der Waals surface area contributed by atoms with E-state index >= 15 is 0 Å². The zero-order valence-electron chi connectivity index (χ0n) is 7.45. The number of anilines is 1. The quantitative estimate of drug-likeness (QED) is 0.675. The molecule has 3 heteroatoms. The molecule has 2 rings (SSSR count). The van der Waals surface area contributed by atoms with Gasteiger partial charge in [-0.25, -0.2) is 0 Å². The van der Waals surface area contributed by atoms with Gasteiger partial charge < -0.3 is 5.32 Å². The van der Waals surface area contributed by atoms with Crippen LogP contribution in [0.2, 0.25) is 0 Å². The second kappa shape index (κ2) is 3.35. The number of rotatable bonds is 1. The van der Waals surface area contributed by atoms with Crippen molar-refractivity contribution >= 4 is 17.7 Å². The Morgan fingerprint density at radius 3 is 3.14 bits per heavy atom. The number of hydrogen-bond acceptors (Lipinski definition) is 2. The van der Waals surface area contributed by atoms with Crippen molar-refractivity contribution in [3.63, 3.8) is 0 Å². The maximum absolute atomic E-state index is 11.0. The lowest BCUT2D eigenvalue weighted by atomic mass is 10.1. The van der Waals surface area contributed by atoms with E-state index in [0.29, 0.717) is 6.42 Å². The lowest BCUT2D eigenvalue weighted by Gasteiger charge is -1.98. The van der Waals surface area contributed by atoms with E-state index in [-0.39, 0.29) is 5.91 Å². The Morgan fingerprint density at radius 2 is 2.36 bits per heavy atom. The van der Waals surface area contributed by atoms with Gasteiger partial charge in [0, 0.05) is 11.8 Å². The Balaban J connectivity index is 2.34. The summed E-state index contributed by atoms with van der Waals surface area (Å²) in [5.41, 5.74) is 2.80. The van der Waals surface area contributed by atoms with E-state index in [4.69, 9.17) is 5.26 Å². The highest BCUT2D eigenvalue weighted by molar-refractivity contribution is 5.99. The molecule has 0 atom stereocenters. The first-order chi connectivity index (χ1) is 6.79. The number of fused-ring (bicyclic) bond motifs is 1. The van der Waals surface area contributed by atoms with Crippen molar-refractivity contribution in [2.75, 3.05) is 5.32 Å². The van der Waals surface area contributed by atoms with Crippen LogP contribution in [0.5, 0.6) is 0 Å². The monoisotopic (exact) mass is 184 g/mol. The lowest BCUT2D eigenvalue weighted by Crippen LogP contribution is -2.03. The Bertz CT molecular complexity index is 455. The van der Waals surface area contributed by atoms with Crippen molar-refractivity contribution in [3.05, 3.63) is 35.4 Å². The molecule has 68 valence electrons. The Kier molecular flexibility index (Phi) is 2.04. The van der Waals surface area contributed by atoms with E-state index in [1.54, 1.807) is 6.08 Å². The van der Waals surface area contributed by atoms with E-state index in [9.17, 15) is 4.79 Å². The molecule has 1 aromatic rings. The first-order valence-corrected chi connectivity index (χ1v) is 4.28. The summed E-state index contributed by atoms with van der Waals surface area (Å²) < 4.78 is 0. The molecule has 1 amide bonds. The Morgan fingerprint density at radius 1 is 1.50 bits per heavy atom. The van der Waals surface area contributed by atoms with Crippen molar-refractivity contribution in [2.45, 2.75) is 6.42 Å². The lowest BCUT2D eigenvalue weighted by molar-refractivity contribution is -0.115. The van der Waals surface area contributed by atoms with Crippen molar-refractivity contribution in [2.24, 2.45) is 0 Å². The SMILES string of the molecule is N#CC=Cc1ccc2c(c1)NC(=O)C2. The molecule has 0 saturated heterocycles. The van der Waals surface area contributed by atoms with Crippen LogP contribution in [-0.2, 0) is 11.2 Å². The number of nitriles is 1. The van der Waals surface area contributed by atoms with Gasteiger partial charge in [-0.05, 0) is 23.3 Å². The number of carbonyl (C=O) groups is 1. The Hall–Kier alpha value is -2.08. The maximum atomic E-state index is 11.0. The first kappa shape index (κ1) is 8.52. The zero-order chi connectivity index (χ0) is 9.97. The summed E-state index contributed by atoms with van der Waals surface area (Å²) in [6.07, 6.45) is 3.58. The molecule has 14 heavy (non-hydrogen) atoms. The molecule has 0 aromatic heterocycles. The standard InChI is InChI=1S/C11H8N2O/c12-5-1-2-8-3-4-9-7-11(14)13-10(9)6-8/h1-4,6H,7H2,(H,13,14). The number of allylic oxidation sites excluding steroid dienone is 1. The molecule has 0 fully saturated rings. The molecular weight excluding hydrogens is 176 g/mol. The molecule has 1 aliphatic rings. The Labute approximate surface area is 81.7 Å². The number of nitrogens with one attached hydrogen (secondary N) is 1. The van der Waals surface area contributed by atoms with Crippen LogP contribution in [0.1, 0.15) is 11.1 Å². The van der Waals surface area contributed by atoms with Gasteiger partial charge in [-0.3, -0.25) is 4.79 Å². The first-order valence-electron chi connectivity index (χ1n) is 4.28. The maximum Gasteiger partial charge on any atom is 0.228 e. The summed E-state index contributed by atoms with van der Waals surface area (Å²) in [5, 5.41) is 11.1. The van der Waals surface area contributed by atoms with Crippen molar-refractivity contribution in [3.8, 4) is 6.07 Å². The van der Waals surface area contributed by atoms with Crippen LogP contribution in [0, 0.1) is 11.3 Å². The van der Waals surface area contributed by atoms with E-state index in [1.165, 1.54) is 6.08 Å². The number of amides is 1. The fourth-order valence-electron chi connectivity index (χ4n) is 1.47. The summed E-state index contributed by atoms with van der Waals surface area (Å²) in [5.74, 6) is 0.0291. The number of carbonyl (C=O) groups excluding carboxylic acids is 1. The molecule has 0 bridgehead atoms. The minimum Gasteiger partial charge on any atom is -0.326 e. The minimum atomic E-state index is 0.0291. The molecule has 1 N–H and O–H groups in total. The molecule has 0 spiro atoms. The summed E-state index contributed by atoms with van der Waals surface area (Å²) in [6.45, 7) is 0.